The van der Waals surface area contributed by atoms with Crippen LogP contribution < -0.4 is 10.9 Å². The van der Waals surface area contributed by atoms with E-state index in [9.17, 15) is 4.79 Å². The van der Waals surface area contributed by atoms with Gasteiger partial charge in [0.1, 0.15) is 5.69 Å². The lowest BCUT2D eigenvalue weighted by Gasteiger charge is -2.25. The topological polar surface area (TPSA) is 46.9 Å². The first kappa shape index (κ1) is 11.6. The molecule has 0 aliphatic heterocycles. The number of rotatable bonds is 4. The summed E-state index contributed by atoms with van der Waals surface area (Å²) in [5.74, 6) is 0.640. The van der Waals surface area contributed by atoms with Crippen molar-refractivity contribution in [1.82, 2.24) is 9.78 Å². The van der Waals surface area contributed by atoms with Crippen molar-refractivity contribution in [1.29, 1.82) is 0 Å². The van der Waals surface area contributed by atoms with Gasteiger partial charge in [-0.3, -0.25) is 4.79 Å². The number of nitrogens with zero attached hydrogens (tertiary/aromatic N) is 2. The molecule has 0 spiro atoms. The molecular weight excluding hydrogens is 270 g/mol. The highest BCUT2D eigenvalue weighted by molar-refractivity contribution is 9.10. The first-order chi connectivity index (χ1) is 7.72. The van der Waals surface area contributed by atoms with Crippen molar-refractivity contribution < 1.29 is 0 Å². The lowest BCUT2D eigenvalue weighted by Crippen LogP contribution is -2.30. The highest BCUT2D eigenvalue weighted by atomic mass is 79.9. The van der Waals surface area contributed by atoms with Gasteiger partial charge in [-0.25, -0.2) is 4.68 Å². The highest BCUT2D eigenvalue weighted by Gasteiger charge is 2.19. The molecular formula is C11H16BrN3O. The average molecular weight is 286 g/mol. The Balaban J connectivity index is 2.24. The molecule has 1 N–H and O–H groups in total. The van der Waals surface area contributed by atoms with E-state index in [-0.39, 0.29) is 5.56 Å². The van der Waals surface area contributed by atoms with Crippen LogP contribution in [-0.4, -0.2) is 16.3 Å². The maximum atomic E-state index is 12.1. The molecule has 1 fully saturated rings. The fraction of sp³-hybridized carbons (Fsp3) is 0.636. The van der Waals surface area contributed by atoms with Crippen molar-refractivity contribution in [3.63, 3.8) is 0 Å². The summed E-state index contributed by atoms with van der Waals surface area (Å²) in [5.41, 5.74) is 0.597. The standard InChI is InChI=1S/C11H16BrN3O/c1-2-13-10-9(12)6-14-15(11(10)16)7-8-4-3-5-8/h6,8,13H,2-5,7H2,1H3. The normalized spacial score (nSPS) is 15.9. The quantitative estimate of drug-likeness (QED) is 0.923. The minimum Gasteiger partial charge on any atom is -0.380 e. The fourth-order valence-corrected chi connectivity index (χ4v) is 2.26. The first-order valence-corrected chi connectivity index (χ1v) is 6.51. The van der Waals surface area contributed by atoms with Crippen LogP contribution in [0.25, 0.3) is 0 Å². The fourth-order valence-electron chi connectivity index (χ4n) is 1.86. The molecule has 1 heterocycles. The number of aromatic nitrogens is 2. The van der Waals surface area contributed by atoms with Crippen molar-refractivity contribution in [2.24, 2.45) is 5.92 Å². The highest BCUT2D eigenvalue weighted by Crippen LogP contribution is 2.27. The minimum absolute atomic E-state index is 0.0249. The molecule has 1 aliphatic rings. The molecule has 4 nitrogen and oxygen atoms in total. The van der Waals surface area contributed by atoms with E-state index >= 15 is 0 Å². The van der Waals surface area contributed by atoms with Gasteiger partial charge in [0.25, 0.3) is 5.56 Å². The third-order valence-corrected chi connectivity index (χ3v) is 3.61. The van der Waals surface area contributed by atoms with Crippen LogP contribution in [0.4, 0.5) is 5.69 Å². The van der Waals surface area contributed by atoms with Crippen LogP contribution in [-0.2, 0) is 6.54 Å². The van der Waals surface area contributed by atoms with Gasteiger partial charge in [-0.2, -0.15) is 5.10 Å². The summed E-state index contributed by atoms with van der Waals surface area (Å²) in [6.45, 7) is 3.47. The predicted octanol–water partition coefficient (Wildman–Crippen LogP) is 2.24. The van der Waals surface area contributed by atoms with Crippen molar-refractivity contribution in [2.75, 3.05) is 11.9 Å². The van der Waals surface area contributed by atoms with Crippen molar-refractivity contribution in [2.45, 2.75) is 32.7 Å². The van der Waals surface area contributed by atoms with Crippen LogP contribution in [0.5, 0.6) is 0 Å². The summed E-state index contributed by atoms with van der Waals surface area (Å²) >= 11 is 3.34. The van der Waals surface area contributed by atoms with Gasteiger partial charge in [0.15, 0.2) is 0 Å². The second-order valence-electron chi connectivity index (χ2n) is 4.18. The smallest absolute Gasteiger partial charge is 0.291 e. The zero-order chi connectivity index (χ0) is 11.5. The van der Waals surface area contributed by atoms with Gasteiger partial charge in [-0.05, 0) is 41.6 Å². The van der Waals surface area contributed by atoms with Crippen molar-refractivity contribution >= 4 is 21.6 Å². The molecule has 1 aromatic heterocycles. The van der Waals surface area contributed by atoms with Gasteiger partial charge < -0.3 is 5.32 Å². The molecule has 0 radical (unpaired) electrons. The van der Waals surface area contributed by atoms with Crippen LogP contribution in [0.1, 0.15) is 26.2 Å². The molecule has 1 aliphatic carbocycles. The summed E-state index contributed by atoms with van der Waals surface area (Å²) in [7, 11) is 0. The first-order valence-electron chi connectivity index (χ1n) is 5.72. The zero-order valence-electron chi connectivity index (χ0n) is 9.37. The van der Waals surface area contributed by atoms with E-state index in [0.717, 1.165) is 17.6 Å². The molecule has 0 unspecified atom stereocenters. The molecule has 0 aromatic carbocycles. The van der Waals surface area contributed by atoms with Gasteiger partial charge in [-0.15, -0.1) is 0 Å². The average Bonchev–Trinajstić information content (AvgIpc) is 2.20. The SMILES string of the molecule is CCNc1c(Br)cnn(CC2CCC2)c1=O. The van der Waals surface area contributed by atoms with Crippen LogP contribution in [0, 0.1) is 5.92 Å². The van der Waals surface area contributed by atoms with Gasteiger partial charge in [0.05, 0.1) is 10.7 Å². The second-order valence-corrected chi connectivity index (χ2v) is 5.04. The Morgan fingerprint density at radius 3 is 2.94 bits per heavy atom. The summed E-state index contributed by atoms with van der Waals surface area (Å²) in [4.78, 5) is 12.1. The van der Waals surface area contributed by atoms with Crippen LogP contribution in [0.15, 0.2) is 15.5 Å². The molecule has 16 heavy (non-hydrogen) atoms. The Labute approximate surface area is 103 Å². The predicted molar refractivity (Wildman–Crippen MR) is 67.7 cm³/mol. The van der Waals surface area contributed by atoms with Gasteiger partial charge >= 0.3 is 0 Å². The van der Waals surface area contributed by atoms with Crippen molar-refractivity contribution in [3.05, 3.63) is 21.0 Å². The summed E-state index contributed by atoms with van der Waals surface area (Å²) in [6.07, 6.45) is 5.43. The number of anilines is 1. The number of halogens is 1. The van der Waals surface area contributed by atoms with Crippen LogP contribution in [0.2, 0.25) is 0 Å². The maximum absolute atomic E-state index is 12.1. The summed E-state index contributed by atoms with van der Waals surface area (Å²) < 4.78 is 2.32. The zero-order valence-corrected chi connectivity index (χ0v) is 11.0. The number of nitrogens with one attached hydrogen (secondary N) is 1. The monoisotopic (exact) mass is 285 g/mol. The van der Waals surface area contributed by atoms with E-state index in [0.29, 0.717) is 11.6 Å². The van der Waals surface area contributed by atoms with E-state index < -0.39 is 0 Å². The molecule has 0 bridgehead atoms. The van der Waals surface area contributed by atoms with Crippen molar-refractivity contribution in [3.8, 4) is 0 Å². The second kappa shape index (κ2) is 4.99. The van der Waals surface area contributed by atoms with Gasteiger partial charge in [0, 0.05) is 13.1 Å². The molecule has 5 heteroatoms. The lowest BCUT2D eigenvalue weighted by molar-refractivity contribution is 0.262. The Morgan fingerprint density at radius 1 is 1.62 bits per heavy atom. The third kappa shape index (κ3) is 2.29. The van der Waals surface area contributed by atoms with E-state index in [1.54, 1.807) is 10.9 Å². The molecule has 0 atom stereocenters. The van der Waals surface area contributed by atoms with Crippen LogP contribution in [0.3, 0.4) is 0 Å². The Hall–Kier alpha value is -0.840. The largest absolute Gasteiger partial charge is 0.380 e. The number of hydrogen-bond acceptors (Lipinski definition) is 3. The molecule has 88 valence electrons. The molecule has 0 saturated heterocycles. The van der Waals surface area contributed by atoms with E-state index in [1.807, 2.05) is 6.92 Å². The van der Waals surface area contributed by atoms with E-state index in [1.165, 1.54) is 19.3 Å². The summed E-state index contributed by atoms with van der Waals surface area (Å²) in [5, 5.41) is 7.23. The summed E-state index contributed by atoms with van der Waals surface area (Å²) in [6, 6.07) is 0. The Kier molecular flexibility index (Phi) is 3.63. The maximum Gasteiger partial charge on any atom is 0.291 e. The Bertz CT molecular complexity index is 426. The van der Waals surface area contributed by atoms with E-state index in [2.05, 4.69) is 26.3 Å². The third-order valence-electron chi connectivity index (χ3n) is 3.01. The lowest BCUT2D eigenvalue weighted by atomic mass is 9.85. The van der Waals surface area contributed by atoms with Gasteiger partial charge in [0.2, 0.25) is 0 Å². The van der Waals surface area contributed by atoms with Gasteiger partial charge in [-0.1, -0.05) is 6.42 Å². The number of hydrogen-bond donors (Lipinski definition) is 1. The molecule has 2 rings (SSSR count). The van der Waals surface area contributed by atoms with Crippen LogP contribution >= 0.6 is 15.9 Å². The molecule has 0 amide bonds. The Morgan fingerprint density at radius 2 is 2.38 bits per heavy atom. The van der Waals surface area contributed by atoms with E-state index in [4.69, 9.17) is 0 Å². The molecule has 1 saturated carbocycles. The molecule has 1 aromatic rings. The minimum atomic E-state index is -0.0249.